The van der Waals surface area contributed by atoms with E-state index >= 15 is 0 Å². The summed E-state index contributed by atoms with van der Waals surface area (Å²) in [5.74, 6) is 6.95. The van der Waals surface area contributed by atoms with Gasteiger partial charge in [0.05, 0.1) is 17.0 Å². The number of nitrogens with one attached hydrogen (secondary N) is 1. The third kappa shape index (κ3) is 6.99. The lowest BCUT2D eigenvalue weighted by atomic mass is 10.2. The highest BCUT2D eigenvalue weighted by Crippen LogP contribution is 2.13. The Balaban J connectivity index is 2.20. The van der Waals surface area contributed by atoms with E-state index in [-0.39, 0.29) is 5.91 Å². The predicted molar refractivity (Wildman–Crippen MR) is 89.4 cm³/mol. The Morgan fingerprint density at radius 3 is 2.95 bits per heavy atom. The maximum atomic E-state index is 11.9. The maximum Gasteiger partial charge on any atom is 0.252 e. The fourth-order valence-corrected chi connectivity index (χ4v) is 2.94. The van der Waals surface area contributed by atoms with Gasteiger partial charge in [0.25, 0.3) is 5.91 Å². The molecule has 0 aliphatic heterocycles. The first-order chi connectivity index (χ1) is 9.77. The van der Waals surface area contributed by atoms with E-state index in [9.17, 15) is 4.79 Å². The van der Waals surface area contributed by atoms with Crippen molar-refractivity contribution in [3.8, 4) is 11.8 Å². The van der Waals surface area contributed by atoms with E-state index in [1.54, 1.807) is 0 Å². The van der Waals surface area contributed by atoms with Crippen molar-refractivity contribution >= 4 is 29.0 Å². The van der Waals surface area contributed by atoms with Gasteiger partial charge in [-0.15, -0.1) is 11.3 Å². The minimum atomic E-state index is -0.00818. The van der Waals surface area contributed by atoms with Crippen LogP contribution in [0.2, 0.25) is 0 Å². The van der Waals surface area contributed by atoms with Crippen LogP contribution >= 0.6 is 23.1 Å². The van der Waals surface area contributed by atoms with Gasteiger partial charge in [-0.25, -0.2) is 0 Å². The zero-order chi connectivity index (χ0) is 14.6. The molecule has 0 saturated heterocycles. The summed E-state index contributed by atoms with van der Waals surface area (Å²) in [6.07, 6.45) is 6.87. The summed E-state index contributed by atoms with van der Waals surface area (Å²) in [7, 11) is 0. The number of nitrogens with two attached hydrogens (primary N) is 1. The Morgan fingerprint density at radius 2 is 2.20 bits per heavy atom. The summed E-state index contributed by atoms with van der Waals surface area (Å²) in [4.78, 5) is 12.8. The highest BCUT2D eigenvalue weighted by atomic mass is 32.2. The van der Waals surface area contributed by atoms with Crippen LogP contribution in [-0.4, -0.2) is 31.0 Å². The Bertz CT molecular complexity index is 460. The van der Waals surface area contributed by atoms with Crippen LogP contribution in [0.5, 0.6) is 0 Å². The standard InChI is InChI=1S/C15H22N2OS2/c1-19-10-5-3-2-4-9-17-15(18)13-11-14(20-12-13)7-6-8-16/h11-12H,2-5,8-10,16H2,1H3,(H,17,18). The quantitative estimate of drug-likeness (QED) is 0.573. The first kappa shape index (κ1) is 17.1. The highest BCUT2D eigenvalue weighted by molar-refractivity contribution is 7.98. The van der Waals surface area contributed by atoms with Crippen molar-refractivity contribution < 1.29 is 4.79 Å². The number of rotatable bonds is 8. The van der Waals surface area contributed by atoms with E-state index < -0.39 is 0 Å². The van der Waals surface area contributed by atoms with Crippen molar-refractivity contribution in [3.63, 3.8) is 0 Å². The fourth-order valence-electron chi connectivity index (χ4n) is 1.69. The van der Waals surface area contributed by atoms with Gasteiger partial charge in [-0.1, -0.05) is 24.7 Å². The summed E-state index contributed by atoms with van der Waals surface area (Å²) in [6.45, 7) is 1.09. The van der Waals surface area contributed by atoms with Gasteiger partial charge in [0.1, 0.15) is 0 Å². The lowest BCUT2D eigenvalue weighted by Crippen LogP contribution is -2.23. The third-order valence-electron chi connectivity index (χ3n) is 2.74. The van der Waals surface area contributed by atoms with Crippen LogP contribution in [0.15, 0.2) is 11.4 Å². The molecule has 20 heavy (non-hydrogen) atoms. The first-order valence-electron chi connectivity index (χ1n) is 6.82. The largest absolute Gasteiger partial charge is 0.352 e. The molecule has 3 N–H and O–H groups in total. The Kier molecular flexibility index (Phi) is 9.22. The predicted octanol–water partition coefficient (Wildman–Crippen LogP) is 2.71. The number of amides is 1. The number of hydrogen-bond donors (Lipinski definition) is 2. The summed E-state index contributed by atoms with van der Waals surface area (Å²) < 4.78 is 0. The molecule has 1 aromatic heterocycles. The molecular formula is C15H22N2OS2. The SMILES string of the molecule is CSCCCCCCNC(=O)c1csc(C#CCN)c1. The van der Waals surface area contributed by atoms with E-state index in [1.807, 2.05) is 23.2 Å². The molecule has 0 fully saturated rings. The van der Waals surface area contributed by atoms with Crippen molar-refractivity contribution in [2.75, 3.05) is 25.1 Å². The highest BCUT2D eigenvalue weighted by Gasteiger charge is 2.06. The van der Waals surface area contributed by atoms with Crippen LogP contribution in [0.3, 0.4) is 0 Å². The number of carbonyl (C=O) groups excluding carboxylic acids is 1. The summed E-state index contributed by atoms with van der Waals surface area (Å²) >= 11 is 3.37. The molecule has 110 valence electrons. The van der Waals surface area contributed by atoms with Gasteiger partial charge in [-0.2, -0.15) is 11.8 Å². The second-order valence-electron chi connectivity index (χ2n) is 4.37. The molecule has 1 amide bonds. The van der Waals surface area contributed by atoms with Crippen LogP contribution in [0, 0.1) is 11.8 Å². The second kappa shape index (κ2) is 10.8. The van der Waals surface area contributed by atoms with Gasteiger partial charge in [0.2, 0.25) is 0 Å². The molecular weight excluding hydrogens is 288 g/mol. The van der Waals surface area contributed by atoms with Crippen LogP contribution in [0.4, 0.5) is 0 Å². The van der Waals surface area contributed by atoms with Crippen molar-refractivity contribution in [1.29, 1.82) is 0 Å². The average Bonchev–Trinajstić information content (AvgIpc) is 2.93. The molecule has 0 atom stereocenters. The second-order valence-corrected chi connectivity index (χ2v) is 6.27. The molecule has 3 nitrogen and oxygen atoms in total. The normalized spacial score (nSPS) is 9.90. The number of unbranched alkanes of at least 4 members (excludes halogenated alkanes) is 3. The van der Waals surface area contributed by atoms with Gasteiger partial charge in [0, 0.05) is 11.9 Å². The molecule has 1 rings (SSSR count). The molecule has 5 heteroatoms. The number of hydrogen-bond acceptors (Lipinski definition) is 4. The van der Waals surface area contributed by atoms with Crippen molar-refractivity contribution in [2.24, 2.45) is 5.73 Å². The molecule has 1 aromatic rings. The molecule has 0 unspecified atom stereocenters. The zero-order valence-corrected chi connectivity index (χ0v) is 13.5. The van der Waals surface area contributed by atoms with E-state index in [0.717, 1.165) is 17.8 Å². The molecule has 0 spiro atoms. The van der Waals surface area contributed by atoms with E-state index in [0.29, 0.717) is 12.1 Å². The molecule has 0 radical (unpaired) electrons. The van der Waals surface area contributed by atoms with Crippen LogP contribution < -0.4 is 11.1 Å². The van der Waals surface area contributed by atoms with Crippen molar-refractivity contribution in [3.05, 3.63) is 21.9 Å². The third-order valence-corrected chi connectivity index (χ3v) is 4.28. The molecule has 0 aliphatic rings. The van der Waals surface area contributed by atoms with Gasteiger partial charge in [0.15, 0.2) is 0 Å². The van der Waals surface area contributed by atoms with Gasteiger partial charge < -0.3 is 11.1 Å². The average molecular weight is 310 g/mol. The van der Waals surface area contributed by atoms with E-state index in [1.165, 1.54) is 36.4 Å². The molecule has 0 aliphatic carbocycles. The van der Waals surface area contributed by atoms with E-state index in [2.05, 4.69) is 23.4 Å². The topological polar surface area (TPSA) is 55.1 Å². The number of thioether (sulfide) groups is 1. The molecule has 0 saturated carbocycles. The van der Waals surface area contributed by atoms with E-state index in [4.69, 9.17) is 5.73 Å². The minimum Gasteiger partial charge on any atom is -0.352 e. The minimum absolute atomic E-state index is 0.00818. The number of carbonyl (C=O) groups is 1. The van der Waals surface area contributed by atoms with Crippen molar-refractivity contribution in [1.82, 2.24) is 5.32 Å². The summed E-state index contributed by atoms with van der Waals surface area (Å²) in [6, 6.07) is 1.82. The Morgan fingerprint density at radius 1 is 1.40 bits per heavy atom. The molecule has 0 bridgehead atoms. The lowest BCUT2D eigenvalue weighted by Gasteiger charge is -2.03. The molecule has 0 aromatic carbocycles. The maximum absolute atomic E-state index is 11.9. The van der Waals surface area contributed by atoms with Crippen molar-refractivity contribution in [2.45, 2.75) is 25.7 Å². The Labute approximate surface area is 129 Å². The number of thiophene rings is 1. The van der Waals surface area contributed by atoms with Crippen LogP contribution in [-0.2, 0) is 0 Å². The monoisotopic (exact) mass is 310 g/mol. The molecule has 1 heterocycles. The first-order valence-corrected chi connectivity index (χ1v) is 9.10. The summed E-state index contributed by atoms with van der Waals surface area (Å²) in [5.41, 5.74) is 6.01. The zero-order valence-electron chi connectivity index (χ0n) is 11.9. The van der Waals surface area contributed by atoms with Crippen LogP contribution in [0.1, 0.15) is 40.9 Å². The lowest BCUT2D eigenvalue weighted by molar-refractivity contribution is 0.0953. The Hall–Kier alpha value is -0.960. The van der Waals surface area contributed by atoms with Gasteiger partial charge in [-0.05, 0) is 30.9 Å². The van der Waals surface area contributed by atoms with Gasteiger partial charge >= 0.3 is 0 Å². The fraction of sp³-hybridized carbons (Fsp3) is 0.533. The summed E-state index contributed by atoms with van der Waals surface area (Å²) in [5, 5.41) is 4.79. The van der Waals surface area contributed by atoms with Gasteiger partial charge in [-0.3, -0.25) is 4.79 Å². The van der Waals surface area contributed by atoms with Crippen LogP contribution in [0.25, 0.3) is 0 Å². The smallest absolute Gasteiger partial charge is 0.252 e.